The lowest BCUT2D eigenvalue weighted by molar-refractivity contribution is -0.132. The van der Waals surface area contributed by atoms with Crippen LogP contribution in [0.25, 0.3) is 11.1 Å². The third-order valence-electron chi connectivity index (χ3n) is 4.61. The number of hydrogen-bond acceptors (Lipinski definition) is 3. The summed E-state index contributed by atoms with van der Waals surface area (Å²) in [5, 5.41) is 3.25. The lowest BCUT2D eigenvalue weighted by Crippen LogP contribution is -2.41. The van der Waals surface area contributed by atoms with E-state index in [-0.39, 0.29) is 18.1 Å². The Morgan fingerprint density at radius 2 is 1.88 bits per heavy atom. The minimum absolute atomic E-state index is 0.123. The third kappa shape index (κ3) is 3.66. The maximum Gasteiger partial charge on any atom is 0.239 e. The zero-order valence-corrected chi connectivity index (χ0v) is 14.2. The molecule has 3 rings (SSSR count). The van der Waals surface area contributed by atoms with Crippen LogP contribution in [0.4, 0.5) is 0 Å². The molecule has 1 aliphatic heterocycles. The second kappa shape index (κ2) is 7.60. The number of ether oxygens (including phenoxy) is 1. The number of likely N-dealkylation sites (N-methyl/N-ethyl adjacent to an activating group) is 1. The van der Waals surface area contributed by atoms with Crippen LogP contribution in [-0.4, -0.2) is 43.7 Å². The van der Waals surface area contributed by atoms with Crippen molar-refractivity contribution in [1.82, 2.24) is 10.2 Å². The van der Waals surface area contributed by atoms with E-state index in [1.165, 1.54) is 11.1 Å². The number of rotatable bonds is 5. The highest BCUT2D eigenvalue weighted by Crippen LogP contribution is 2.24. The Hall–Kier alpha value is -2.17. The monoisotopic (exact) mass is 324 g/mol. The van der Waals surface area contributed by atoms with Gasteiger partial charge in [-0.05, 0) is 23.1 Å². The fraction of sp³-hybridized carbons (Fsp3) is 0.350. The topological polar surface area (TPSA) is 41.6 Å². The number of nitrogens with one attached hydrogen (secondary N) is 1. The van der Waals surface area contributed by atoms with Crippen LogP contribution in [0.3, 0.4) is 0 Å². The van der Waals surface area contributed by atoms with Crippen molar-refractivity contribution in [2.24, 2.45) is 0 Å². The predicted octanol–water partition coefficient (Wildman–Crippen LogP) is 2.69. The van der Waals surface area contributed by atoms with Gasteiger partial charge in [0, 0.05) is 27.2 Å². The highest BCUT2D eigenvalue weighted by atomic mass is 16.5. The summed E-state index contributed by atoms with van der Waals surface area (Å²) in [6.07, 6.45) is 0.865. The summed E-state index contributed by atoms with van der Waals surface area (Å²) < 4.78 is 5.33. The summed E-state index contributed by atoms with van der Waals surface area (Å²) >= 11 is 0. The van der Waals surface area contributed by atoms with Crippen LogP contribution in [-0.2, 0) is 16.1 Å². The molecule has 24 heavy (non-hydrogen) atoms. The van der Waals surface area contributed by atoms with Gasteiger partial charge in [0.2, 0.25) is 5.91 Å². The molecule has 2 atom stereocenters. The van der Waals surface area contributed by atoms with Gasteiger partial charge < -0.3 is 15.0 Å². The molecule has 0 radical (unpaired) electrons. The molecule has 4 nitrogen and oxygen atoms in total. The van der Waals surface area contributed by atoms with E-state index in [1.807, 2.05) is 37.4 Å². The van der Waals surface area contributed by atoms with Gasteiger partial charge in [-0.3, -0.25) is 4.79 Å². The summed E-state index contributed by atoms with van der Waals surface area (Å²) in [7, 11) is 3.56. The van der Waals surface area contributed by atoms with Gasteiger partial charge in [-0.1, -0.05) is 54.6 Å². The van der Waals surface area contributed by atoms with Gasteiger partial charge in [-0.25, -0.2) is 0 Å². The molecule has 1 amide bonds. The molecule has 126 valence electrons. The Morgan fingerprint density at radius 1 is 1.17 bits per heavy atom. The zero-order chi connectivity index (χ0) is 16.9. The van der Waals surface area contributed by atoms with Gasteiger partial charge in [0.05, 0.1) is 12.1 Å². The van der Waals surface area contributed by atoms with Crippen molar-refractivity contribution in [3.05, 3.63) is 60.2 Å². The smallest absolute Gasteiger partial charge is 0.239 e. The predicted molar refractivity (Wildman–Crippen MR) is 95.6 cm³/mol. The molecule has 2 aromatic rings. The number of amides is 1. The Kier molecular flexibility index (Phi) is 5.28. The van der Waals surface area contributed by atoms with Crippen LogP contribution >= 0.6 is 0 Å². The highest BCUT2D eigenvalue weighted by molar-refractivity contribution is 5.82. The van der Waals surface area contributed by atoms with Crippen LogP contribution in [0.1, 0.15) is 12.0 Å². The maximum atomic E-state index is 12.7. The lowest BCUT2D eigenvalue weighted by atomic mass is 9.99. The Labute approximate surface area is 143 Å². The first-order valence-corrected chi connectivity index (χ1v) is 8.33. The van der Waals surface area contributed by atoms with Crippen molar-refractivity contribution in [3.8, 4) is 11.1 Å². The molecule has 0 spiro atoms. The molecular weight excluding hydrogens is 300 g/mol. The number of nitrogens with zero attached hydrogens (tertiary/aromatic N) is 1. The summed E-state index contributed by atoms with van der Waals surface area (Å²) in [4.78, 5) is 14.5. The van der Waals surface area contributed by atoms with E-state index in [4.69, 9.17) is 4.74 Å². The van der Waals surface area contributed by atoms with E-state index in [2.05, 4.69) is 29.6 Å². The molecule has 0 bridgehead atoms. The van der Waals surface area contributed by atoms with Gasteiger partial charge in [0.1, 0.15) is 0 Å². The zero-order valence-electron chi connectivity index (χ0n) is 14.2. The van der Waals surface area contributed by atoms with Gasteiger partial charge >= 0.3 is 0 Å². The van der Waals surface area contributed by atoms with E-state index in [1.54, 1.807) is 12.0 Å². The molecule has 1 saturated heterocycles. The van der Waals surface area contributed by atoms with Crippen LogP contribution < -0.4 is 5.32 Å². The Morgan fingerprint density at radius 3 is 2.58 bits per heavy atom. The van der Waals surface area contributed by atoms with E-state index in [0.717, 1.165) is 18.5 Å². The fourth-order valence-electron chi connectivity index (χ4n) is 3.23. The molecule has 0 aliphatic carbocycles. The fourth-order valence-corrected chi connectivity index (χ4v) is 3.23. The molecule has 1 N–H and O–H groups in total. The van der Waals surface area contributed by atoms with Crippen molar-refractivity contribution >= 4 is 5.91 Å². The number of carbonyl (C=O) groups is 1. The molecular formula is C20H24N2O2. The molecule has 0 aromatic heterocycles. The van der Waals surface area contributed by atoms with Crippen molar-refractivity contribution in [3.63, 3.8) is 0 Å². The molecule has 0 saturated carbocycles. The number of benzene rings is 2. The average Bonchev–Trinajstić information content (AvgIpc) is 3.11. The van der Waals surface area contributed by atoms with Gasteiger partial charge in [0.15, 0.2) is 0 Å². The van der Waals surface area contributed by atoms with E-state index in [0.29, 0.717) is 6.54 Å². The van der Waals surface area contributed by atoms with Crippen LogP contribution in [0.5, 0.6) is 0 Å². The second-order valence-corrected chi connectivity index (χ2v) is 6.27. The molecule has 4 heteroatoms. The largest absolute Gasteiger partial charge is 0.380 e. The molecule has 2 aromatic carbocycles. The Balaban J connectivity index is 1.73. The number of methoxy groups -OCH3 is 1. The Bertz CT molecular complexity index is 687. The van der Waals surface area contributed by atoms with Crippen molar-refractivity contribution in [2.75, 3.05) is 20.7 Å². The number of carbonyl (C=O) groups excluding carboxylic acids is 1. The van der Waals surface area contributed by atoms with Crippen LogP contribution in [0.2, 0.25) is 0 Å². The maximum absolute atomic E-state index is 12.7. The van der Waals surface area contributed by atoms with Gasteiger partial charge in [-0.2, -0.15) is 0 Å². The quantitative estimate of drug-likeness (QED) is 0.919. The summed E-state index contributed by atoms with van der Waals surface area (Å²) in [6, 6.07) is 18.4. The average molecular weight is 324 g/mol. The van der Waals surface area contributed by atoms with Crippen molar-refractivity contribution in [1.29, 1.82) is 0 Å². The minimum Gasteiger partial charge on any atom is -0.380 e. The second-order valence-electron chi connectivity index (χ2n) is 6.27. The first kappa shape index (κ1) is 16.7. The molecule has 0 unspecified atom stereocenters. The van der Waals surface area contributed by atoms with E-state index < -0.39 is 0 Å². The molecule has 1 aliphatic rings. The molecule has 1 fully saturated rings. The first-order chi connectivity index (χ1) is 11.7. The molecule has 1 heterocycles. The summed E-state index contributed by atoms with van der Waals surface area (Å²) in [5.41, 5.74) is 3.50. The SMILES string of the molecule is CO[C@@H]1CN[C@H](C(=O)N(C)Cc2ccccc2-c2ccccc2)C1. The van der Waals surface area contributed by atoms with E-state index in [9.17, 15) is 4.79 Å². The summed E-state index contributed by atoms with van der Waals surface area (Å²) in [5.74, 6) is 0.123. The van der Waals surface area contributed by atoms with Crippen molar-refractivity contribution < 1.29 is 9.53 Å². The minimum atomic E-state index is -0.149. The standard InChI is InChI=1S/C20H24N2O2/c1-22(20(23)19-12-17(24-2)13-21-19)14-16-10-6-7-11-18(16)15-8-4-3-5-9-15/h3-11,17,19,21H,12-14H2,1-2H3/t17-,19-/m0/s1. The first-order valence-electron chi connectivity index (χ1n) is 8.33. The van der Waals surface area contributed by atoms with Crippen LogP contribution in [0, 0.1) is 0 Å². The summed E-state index contributed by atoms with van der Waals surface area (Å²) in [6.45, 7) is 1.33. The van der Waals surface area contributed by atoms with E-state index >= 15 is 0 Å². The third-order valence-corrected chi connectivity index (χ3v) is 4.61. The van der Waals surface area contributed by atoms with Gasteiger partial charge in [0.25, 0.3) is 0 Å². The van der Waals surface area contributed by atoms with Crippen molar-refractivity contribution in [2.45, 2.75) is 25.1 Å². The van der Waals surface area contributed by atoms with Gasteiger partial charge in [-0.15, -0.1) is 0 Å². The number of hydrogen-bond donors (Lipinski definition) is 1. The normalized spacial score (nSPS) is 20.1. The van der Waals surface area contributed by atoms with Crippen LogP contribution in [0.15, 0.2) is 54.6 Å². The highest BCUT2D eigenvalue weighted by Gasteiger charge is 2.31. The lowest BCUT2D eigenvalue weighted by Gasteiger charge is -2.22.